The minimum atomic E-state index is -0.991. The van der Waals surface area contributed by atoms with Crippen molar-refractivity contribution in [2.24, 2.45) is 0 Å². The number of aliphatic carboxylic acids is 1. The Bertz CT molecular complexity index is 407. The summed E-state index contributed by atoms with van der Waals surface area (Å²) in [6.45, 7) is 0.0600. The topological polar surface area (TPSA) is 77.0 Å². The van der Waals surface area contributed by atoms with Crippen molar-refractivity contribution in [2.75, 3.05) is 33.3 Å². The normalized spacial score (nSPS) is 11.7. The molecule has 0 spiro atoms. The molecule has 0 fully saturated rings. The van der Waals surface area contributed by atoms with Gasteiger partial charge >= 0.3 is 5.97 Å². The monoisotopic (exact) mass is 255 g/mol. The molecule has 0 aromatic heterocycles. The first kappa shape index (κ1) is 14.1. The number of carboxylic acids is 1. The Labute approximate surface area is 105 Å². The number of carbonyl (C=O) groups is 1. The molecule has 0 radical (unpaired) electrons. The summed E-state index contributed by atoms with van der Waals surface area (Å²) in [4.78, 5) is 11.0. The van der Waals surface area contributed by atoms with Gasteiger partial charge in [0.25, 0.3) is 0 Å². The van der Waals surface area contributed by atoms with Gasteiger partial charge in [0.05, 0.1) is 26.5 Å². The number of hydrogen-bond acceptors (Lipinski definition) is 5. The van der Waals surface area contributed by atoms with Crippen LogP contribution in [0.1, 0.15) is 0 Å². The number of anilines is 1. The van der Waals surface area contributed by atoms with Crippen LogP contribution < -0.4 is 14.8 Å². The van der Waals surface area contributed by atoms with Gasteiger partial charge in [0.2, 0.25) is 0 Å². The van der Waals surface area contributed by atoms with E-state index in [1.807, 2.05) is 0 Å². The van der Waals surface area contributed by atoms with E-state index in [2.05, 4.69) is 5.32 Å². The number of methoxy groups -OCH3 is 3. The van der Waals surface area contributed by atoms with Gasteiger partial charge in [-0.25, -0.2) is 4.79 Å². The minimum Gasteiger partial charge on any atom is -0.497 e. The first-order chi connectivity index (χ1) is 8.62. The van der Waals surface area contributed by atoms with E-state index in [0.717, 1.165) is 0 Å². The molecular formula is C12H17NO5. The lowest BCUT2D eigenvalue weighted by molar-refractivity contribution is -0.139. The third-order valence-electron chi connectivity index (χ3n) is 2.37. The molecule has 0 aliphatic rings. The van der Waals surface area contributed by atoms with Crippen LogP contribution in [0.3, 0.4) is 0 Å². The Morgan fingerprint density at radius 2 is 2.06 bits per heavy atom. The van der Waals surface area contributed by atoms with E-state index in [-0.39, 0.29) is 6.61 Å². The van der Waals surface area contributed by atoms with Crippen molar-refractivity contribution < 1.29 is 24.1 Å². The van der Waals surface area contributed by atoms with Crippen molar-refractivity contribution in [1.29, 1.82) is 0 Å². The Morgan fingerprint density at radius 1 is 1.33 bits per heavy atom. The van der Waals surface area contributed by atoms with Crippen LogP contribution in [0, 0.1) is 0 Å². The quantitative estimate of drug-likeness (QED) is 0.762. The second kappa shape index (κ2) is 6.70. The molecule has 1 aromatic carbocycles. The smallest absolute Gasteiger partial charge is 0.328 e. The zero-order valence-corrected chi connectivity index (χ0v) is 10.6. The van der Waals surface area contributed by atoms with Gasteiger partial charge in [0.15, 0.2) is 0 Å². The maximum absolute atomic E-state index is 11.0. The molecule has 18 heavy (non-hydrogen) atoms. The molecule has 1 atom stereocenters. The molecule has 0 amide bonds. The summed E-state index contributed by atoms with van der Waals surface area (Å²) in [7, 11) is 4.50. The zero-order valence-electron chi connectivity index (χ0n) is 10.6. The molecule has 1 rings (SSSR count). The van der Waals surface area contributed by atoms with E-state index in [1.54, 1.807) is 25.3 Å². The van der Waals surface area contributed by atoms with Crippen molar-refractivity contribution >= 4 is 11.7 Å². The number of benzene rings is 1. The lowest BCUT2D eigenvalue weighted by Gasteiger charge is -2.17. The molecule has 100 valence electrons. The third-order valence-corrected chi connectivity index (χ3v) is 2.37. The summed E-state index contributed by atoms with van der Waals surface area (Å²) >= 11 is 0. The predicted molar refractivity (Wildman–Crippen MR) is 66.5 cm³/mol. The van der Waals surface area contributed by atoms with E-state index >= 15 is 0 Å². The van der Waals surface area contributed by atoms with Gasteiger partial charge in [-0.2, -0.15) is 0 Å². The number of rotatable bonds is 7. The van der Waals surface area contributed by atoms with E-state index in [0.29, 0.717) is 17.2 Å². The largest absolute Gasteiger partial charge is 0.497 e. The van der Waals surface area contributed by atoms with Crippen LogP contribution >= 0.6 is 0 Å². The van der Waals surface area contributed by atoms with Gasteiger partial charge < -0.3 is 24.6 Å². The second-order valence-electron chi connectivity index (χ2n) is 3.56. The van der Waals surface area contributed by atoms with Crippen LogP contribution in [0.15, 0.2) is 18.2 Å². The number of nitrogens with one attached hydrogen (secondary N) is 1. The fourth-order valence-electron chi connectivity index (χ4n) is 1.45. The molecule has 2 N–H and O–H groups in total. The van der Waals surface area contributed by atoms with Crippen molar-refractivity contribution in [2.45, 2.75) is 6.04 Å². The Balaban J connectivity index is 2.91. The first-order valence-corrected chi connectivity index (χ1v) is 5.32. The molecular weight excluding hydrogens is 238 g/mol. The molecule has 1 unspecified atom stereocenters. The average Bonchev–Trinajstić information content (AvgIpc) is 2.38. The van der Waals surface area contributed by atoms with Gasteiger partial charge in [-0.05, 0) is 12.1 Å². The van der Waals surface area contributed by atoms with Gasteiger partial charge in [-0.15, -0.1) is 0 Å². The molecule has 0 aliphatic carbocycles. The summed E-state index contributed by atoms with van der Waals surface area (Å²) in [6, 6.07) is 4.26. The molecule has 0 aliphatic heterocycles. The van der Waals surface area contributed by atoms with E-state index in [4.69, 9.17) is 19.3 Å². The molecule has 0 saturated heterocycles. The van der Waals surface area contributed by atoms with Crippen LogP contribution in [0.4, 0.5) is 5.69 Å². The van der Waals surface area contributed by atoms with Crippen LogP contribution in [0.2, 0.25) is 0 Å². The molecule has 6 nitrogen and oxygen atoms in total. The SMILES string of the molecule is COCC(Nc1ccc(OC)cc1OC)C(=O)O. The van der Waals surface area contributed by atoms with Gasteiger partial charge in [0, 0.05) is 13.2 Å². The first-order valence-electron chi connectivity index (χ1n) is 5.32. The van der Waals surface area contributed by atoms with Gasteiger partial charge in [0.1, 0.15) is 17.5 Å². The highest BCUT2D eigenvalue weighted by Gasteiger charge is 2.18. The van der Waals surface area contributed by atoms with Crippen molar-refractivity contribution in [3.8, 4) is 11.5 Å². The summed E-state index contributed by atoms with van der Waals surface area (Å²) in [5.74, 6) is 0.155. The molecule has 0 heterocycles. The standard InChI is InChI=1S/C12H17NO5/c1-16-7-10(12(14)15)13-9-5-4-8(17-2)6-11(9)18-3/h4-6,10,13H,7H2,1-3H3,(H,14,15). The summed E-state index contributed by atoms with van der Waals surface area (Å²) in [6.07, 6.45) is 0. The van der Waals surface area contributed by atoms with Crippen molar-refractivity contribution in [3.63, 3.8) is 0 Å². The number of carboxylic acid groups (broad SMARTS) is 1. The van der Waals surface area contributed by atoms with E-state index in [1.165, 1.54) is 14.2 Å². The molecule has 1 aromatic rings. The molecule has 0 saturated carbocycles. The van der Waals surface area contributed by atoms with Crippen LogP contribution in [0.25, 0.3) is 0 Å². The fraction of sp³-hybridized carbons (Fsp3) is 0.417. The molecule has 6 heteroatoms. The lowest BCUT2D eigenvalue weighted by Crippen LogP contribution is -2.33. The number of ether oxygens (including phenoxy) is 3. The lowest BCUT2D eigenvalue weighted by atomic mass is 10.2. The maximum Gasteiger partial charge on any atom is 0.328 e. The zero-order chi connectivity index (χ0) is 13.5. The predicted octanol–water partition coefficient (Wildman–Crippen LogP) is 1.22. The average molecular weight is 255 g/mol. The summed E-state index contributed by atoms with van der Waals surface area (Å²) in [5.41, 5.74) is 0.572. The number of hydrogen-bond donors (Lipinski definition) is 2. The summed E-state index contributed by atoms with van der Waals surface area (Å²) in [5, 5.41) is 11.9. The van der Waals surface area contributed by atoms with Crippen LogP contribution in [0.5, 0.6) is 11.5 Å². The Morgan fingerprint density at radius 3 is 2.56 bits per heavy atom. The van der Waals surface area contributed by atoms with Gasteiger partial charge in [-0.1, -0.05) is 0 Å². The maximum atomic E-state index is 11.0. The second-order valence-corrected chi connectivity index (χ2v) is 3.56. The highest BCUT2D eigenvalue weighted by molar-refractivity contribution is 5.78. The van der Waals surface area contributed by atoms with Crippen molar-refractivity contribution in [1.82, 2.24) is 0 Å². The minimum absolute atomic E-state index is 0.0600. The highest BCUT2D eigenvalue weighted by Crippen LogP contribution is 2.29. The van der Waals surface area contributed by atoms with Crippen LogP contribution in [-0.4, -0.2) is 45.1 Å². The molecule has 0 bridgehead atoms. The van der Waals surface area contributed by atoms with Gasteiger partial charge in [-0.3, -0.25) is 0 Å². The Hall–Kier alpha value is -1.95. The van der Waals surface area contributed by atoms with Crippen LogP contribution in [-0.2, 0) is 9.53 Å². The fourth-order valence-corrected chi connectivity index (χ4v) is 1.45. The summed E-state index contributed by atoms with van der Waals surface area (Å²) < 4.78 is 15.1. The third kappa shape index (κ3) is 3.53. The Kier molecular flexibility index (Phi) is 5.26. The van der Waals surface area contributed by atoms with E-state index in [9.17, 15) is 4.79 Å². The van der Waals surface area contributed by atoms with E-state index < -0.39 is 12.0 Å². The highest BCUT2D eigenvalue weighted by atomic mass is 16.5. The van der Waals surface area contributed by atoms with Crippen molar-refractivity contribution in [3.05, 3.63) is 18.2 Å².